The molecule has 0 aliphatic carbocycles. The topological polar surface area (TPSA) is 70.2 Å². The minimum absolute atomic E-state index is 0.00184. The molecule has 0 heterocycles. The Morgan fingerprint density at radius 3 is 1.84 bits per heavy atom. The SMILES string of the molecule is CCCNC(=O)CNC(=O)CNC(c1ccccc1)c1ccccc1. The average molecular weight is 339 g/mol. The predicted molar refractivity (Wildman–Crippen MR) is 99.0 cm³/mol. The maximum absolute atomic E-state index is 12.0. The summed E-state index contributed by atoms with van der Waals surface area (Å²) < 4.78 is 0. The molecule has 25 heavy (non-hydrogen) atoms. The summed E-state index contributed by atoms with van der Waals surface area (Å²) in [5, 5.41) is 8.64. The van der Waals surface area contributed by atoms with Gasteiger partial charge in [-0.15, -0.1) is 0 Å². The van der Waals surface area contributed by atoms with E-state index in [0.29, 0.717) is 6.54 Å². The molecule has 0 atom stereocenters. The van der Waals surface area contributed by atoms with Crippen molar-refractivity contribution in [3.63, 3.8) is 0 Å². The average Bonchev–Trinajstić information content (AvgIpc) is 2.66. The van der Waals surface area contributed by atoms with Gasteiger partial charge in [0.05, 0.1) is 19.1 Å². The van der Waals surface area contributed by atoms with Crippen LogP contribution in [0.5, 0.6) is 0 Å². The number of amides is 2. The maximum atomic E-state index is 12.0. The van der Waals surface area contributed by atoms with E-state index in [1.54, 1.807) is 0 Å². The summed E-state index contributed by atoms with van der Waals surface area (Å²) in [5.41, 5.74) is 2.17. The molecule has 2 aromatic rings. The second-order valence-electron chi connectivity index (χ2n) is 5.76. The Morgan fingerprint density at radius 1 is 0.800 bits per heavy atom. The molecule has 5 nitrogen and oxygen atoms in total. The molecule has 0 spiro atoms. The van der Waals surface area contributed by atoms with E-state index in [1.165, 1.54) is 0 Å². The van der Waals surface area contributed by atoms with E-state index in [9.17, 15) is 9.59 Å². The van der Waals surface area contributed by atoms with Crippen LogP contribution in [0, 0.1) is 0 Å². The zero-order valence-electron chi connectivity index (χ0n) is 14.5. The zero-order valence-corrected chi connectivity index (χ0v) is 14.5. The minimum atomic E-state index is -0.205. The molecule has 2 aromatic carbocycles. The van der Waals surface area contributed by atoms with E-state index in [0.717, 1.165) is 17.5 Å². The van der Waals surface area contributed by atoms with Crippen molar-refractivity contribution < 1.29 is 9.59 Å². The predicted octanol–water partition coefficient (Wildman–Crippen LogP) is 2.01. The number of hydrogen-bond donors (Lipinski definition) is 3. The van der Waals surface area contributed by atoms with Crippen molar-refractivity contribution in [3.8, 4) is 0 Å². The van der Waals surface area contributed by atoms with E-state index < -0.39 is 0 Å². The van der Waals surface area contributed by atoms with Crippen molar-refractivity contribution in [2.24, 2.45) is 0 Å². The van der Waals surface area contributed by atoms with Crippen molar-refractivity contribution in [1.82, 2.24) is 16.0 Å². The van der Waals surface area contributed by atoms with Crippen LogP contribution in [-0.2, 0) is 9.59 Å². The maximum Gasteiger partial charge on any atom is 0.239 e. The van der Waals surface area contributed by atoms with Crippen LogP contribution < -0.4 is 16.0 Å². The number of hydrogen-bond acceptors (Lipinski definition) is 3. The first-order valence-corrected chi connectivity index (χ1v) is 8.57. The first kappa shape index (κ1) is 18.7. The number of benzene rings is 2. The van der Waals surface area contributed by atoms with Crippen LogP contribution in [0.15, 0.2) is 60.7 Å². The molecular weight excluding hydrogens is 314 g/mol. The Kier molecular flexibility index (Phi) is 7.66. The second kappa shape index (κ2) is 10.3. The number of carbonyl (C=O) groups excluding carboxylic acids is 2. The van der Waals surface area contributed by atoms with Crippen LogP contribution >= 0.6 is 0 Å². The Bertz CT molecular complexity index is 620. The lowest BCUT2D eigenvalue weighted by atomic mass is 9.99. The first-order valence-electron chi connectivity index (χ1n) is 8.57. The van der Waals surface area contributed by atoms with Crippen LogP contribution in [-0.4, -0.2) is 31.4 Å². The normalized spacial score (nSPS) is 10.5. The van der Waals surface area contributed by atoms with Gasteiger partial charge in [-0.1, -0.05) is 67.6 Å². The second-order valence-corrected chi connectivity index (χ2v) is 5.76. The van der Waals surface area contributed by atoms with E-state index in [1.807, 2.05) is 67.6 Å². The molecule has 0 unspecified atom stereocenters. The van der Waals surface area contributed by atoms with E-state index >= 15 is 0 Å². The van der Waals surface area contributed by atoms with Crippen molar-refractivity contribution in [3.05, 3.63) is 71.8 Å². The fraction of sp³-hybridized carbons (Fsp3) is 0.300. The minimum Gasteiger partial charge on any atom is -0.355 e. The highest BCUT2D eigenvalue weighted by Crippen LogP contribution is 2.21. The third-order valence-corrected chi connectivity index (χ3v) is 3.75. The molecule has 5 heteroatoms. The monoisotopic (exact) mass is 339 g/mol. The van der Waals surface area contributed by atoms with Gasteiger partial charge in [0.25, 0.3) is 0 Å². The number of rotatable bonds is 9. The molecule has 2 amide bonds. The fourth-order valence-electron chi connectivity index (χ4n) is 2.48. The molecular formula is C20H25N3O2. The van der Waals surface area contributed by atoms with E-state index in [-0.39, 0.29) is 30.9 Å². The molecule has 2 rings (SSSR count). The summed E-state index contributed by atoms with van der Waals surface area (Å²) in [7, 11) is 0. The van der Waals surface area contributed by atoms with Crippen LogP contribution in [0.3, 0.4) is 0 Å². The van der Waals surface area contributed by atoms with Gasteiger partial charge in [0.2, 0.25) is 11.8 Å². The quantitative estimate of drug-likeness (QED) is 0.654. The molecule has 0 aliphatic heterocycles. The fourth-order valence-corrected chi connectivity index (χ4v) is 2.48. The first-order chi connectivity index (χ1) is 12.2. The number of carbonyl (C=O) groups is 2. The standard InChI is InChI=1S/C20H25N3O2/c1-2-13-21-18(24)14-22-19(25)15-23-20(16-9-5-3-6-10-16)17-11-7-4-8-12-17/h3-12,20,23H,2,13-15H2,1H3,(H,21,24)(H,22,25). The summed E-state index contributed by atoms with van der Waals surface area (Å²) in [6.07, 6.45) is 0.872. The van der Waals surface area contributed by atoms with Crippen molar-refractivity contribution >= 4 is 11.8 Å². The van der Waals surface area contributed by atoms with Crippen LogP contribution in [0.1, 0.15) is 30.5 Å². The molecule has 0 fully saturated rings. The summed E-state index contributed by atoms with van der Waals surface area (Å²) in [5.74, 6) is -0.374. The summed E-state index contributed by atoms with van der Waals surface area (Å²) >= 11 is 0. The van der Waals surface area contributed by atoms with Gasteiger partial charge in [-0.3, -0.25) is 14.9 Å². The van der Waals surface area contributed by atoms with Gasteiger partial charge in [0.1, 0.15) is 0 Å². The smallest absolute Gasteiger partial charge is 0.239 e. The van der Waals surface area contributed by atoms with Crippen LogP contribution in [0.4, 0.5) is 0 Å². The largest absolute Gasteiger partial charge is 0.355 e. The highest BCUT2D eigenvalue weighted by Gasteiger charge is 2.14. The molecule has 0 bridgehead atoms. The molecule has 132 valence electrons. The third kappa shape index (κ3) is 6.39. The molecule has 0 aliphatic rings. The van der Waals surface area contributed by atoms with Gasteiger partial charge in [0.15, 0.2) is 0 Å². The lowest BCUT2D eigenvalue weighted by molar-refractivity contribution is -0.125. The van der Waals surface area contributed by atoms with E-state index in [2.05, 4.69) is 16.0 Å². The lowest BCUT2D eigenvalue weighted by Crippen LogP contribution is -2.41. The van der Waals surface area contributed by atoms with Crippen LogP contribution in [0.25, 0.3) is 0 Å². The molecule has 0 radical (unpaired) electrons. The highest BCUT2D eigenvalue weighted by atomic mass is 16.2. The summed E-state index contributed by atoms with van der Waals surface area (Å²) in [4.78, 5) is 23.6. The molecule has 0 saturated carbocycles. The van der Waals surface area contributed by atoms with Gasteiger partial charge in [-0.05, 0) is 17.5 Å². The molecule has 3 N–H and O–H groups in total. The summed E-state index contributed by atoms with van der Waals surface area (Å²) in [6, 6.07) is 19.9. The Hall–Kier alpha value is -2.66. The lowest BCUT2D eigenvalue weighted by Gasteiger charge is -2.19. The van der Waals surface area contributed by atoms with Gasteiger partial charge in [0, 0.05) is 6.54 Å². The van der Waals surface area contributed by atoms with Crippen molar-refractivity contribution in [2.45, 2.75) is 19.4 Å². The van der Waals surface area contributed by atoms with Gasteiger partial charge in [-0.2, -0.15) is 0 Å². The Balaban J connectivity index is 1.92. The Morgan fingerprint density at radius 2 is 1.32 bits per heavy atom. The highest BCUT2D eigenvalue weighted by molar-refractivity contribution is 5.85. The molecule has 0 saturated heterocycles. The van der Waals surface area contributed by atoms with Crippen molar-refractivity contribution in [1.29, 1.82) is 0 Å². The van der Waals surface area contributed by atoms with E-state index in [4.69, 9.17) is 0 Å². The third-order valence-electron chi connectivity index (χ3n) is 3.75. The van der Waals surface area contributed by atoms with Gasteiger partial charge < -0.3 is 10.6 Å². The van der Waals surface area contributed by atoms with Crippen LogP contribution in [0.2, 0.25) is 0 Å². The molecule has 0 aromatic heterocycles. The summed E-state index contributed by atoms with van der Waals surface area (Å²) in [6.45, 7) is 2.74. The Labute approximate surface area is 148 Å². The zero-order chi connectivity index (χ0) is 17.9. The van der Waals surface area contributed by atoms with Gasteiger partial charge >= 0.3 is 0 Å². The van der Waals surface area contributed by atoms with Gasteiger partial charge in [-0.25, -0.2) is 0 Å². The van der Waals surface area contributed by atoms with Crippen molar-refractivity contribution in [2.75, 3.05) is 19.6 Å². The number of nitrogens with one attached hydrogen (secondary N) is 3.